The first-order valence-electron chi connectivity index (χ1n) is 6.73. The van der Waals surface area contributed by atoms with E-state index in [1.807, 2.05) is 53.2 Å². The summed E-state index contributed by atoms with van der Waals surface area (Å²) in [6.45, 7) is 0.674. The van der Waals surface area contributed by atoms with Gasteiger partial charge in [0.2, 0.25) is 0 Å². The molecule has 0 fully saturated rings. The highest BCUT2D eigenvalue weighted by atomic mass is 16.1. The monoisotopic (exact) mass is 277 g/mol. The van der Waals surface area contributed by atoms with Gasteiger partial charge in [-0.05, 0) is 29.8 Å². The van der Waals surface area contributed by atoms with Gasteiger partial charge in [-0.2, -0.15) is 0 Å². The SMILES string of the molecule is O=C(Nc1ccncc1)c1cccn1Cc1ccccc1. The highest BCUT2D eigenvalue weighted by Crippen LogP contribution is 2.11. The number of carbonyl (C=O) groups is 1. The molecule has 1 amide bonds. The Labute approximate surface area is 123 Å². The summed E-state index contributed by atoms with van der Waals surface area (Å²) in [6.07, 6.45) is 5.21. The van der Waals surface area contributed by atoms with Gasteiger partial charge in [-0.3, -0.25) is 9.78 Å². The summed E-state index contributed by atoms with van der Waals surface area (Å²) in [7, 11) is 0. The molecule has 0 radical (unpaired) electrons. The second-order valence-corrected chi connectivity index (χ2v) is 4.70. The molecule has 3 rings (SSSR count). The van der Waals surface area contributed by atoms with Crippen LogP contribution in [0, 0.1) is 0 Å². The number of amides is 1. The quantitative estimate of drug-likeness (QED) is 0.796. The molecule has 0 saturated heterocycles. The minimum Gasteiger partial charge on any atom is -0.339 e. The van der Waals surface area contributed by atoms with Crippen molar-refractivity contribution in [1.82, 2.24) is 9.55 Å². The van der Waals surface area contributed by atoms with E-state index in [1.54, 1.807) is 24.5 Å². The van der Waals surface area contributed by atoms with Crippen molar-refractivity contribution in [3.63, 3.8) is 0 Å². The van der Waals surface area contributed by atoms with Crippen molar-refractivity contribution in [1.29, 1.82) is 0 Å². The Balaban J connectivity index is 1.77. The van der Waals surface area contributed by atoms with E-state index in [0.717, 1.165) is 11.3 Å². The van der Waals surface area contributed by atoms with Gasteiger partial charge in [-0.25, -0.2) is 0 Å². The molecule has 0 aliphatic heterocycles. The summed E-state index contributed by atoms with van der Waals surface area (Å²) < 4.78 is 1.94. The number of aromatic nitrogens is 2. The fourth-order valence-electron chi connectivity index (χ4n) is 2.17. The zero-order valence-corrected chi connectivity index (χ0v) is 11.4. The van der Waals surface area contributed by atoms with E-state index in [0.29, 0.717) is 12.2 Å². The van der Waals surface area contributed by atoms with E-state index in [9.17, 15) is 4.79 Å². The highest BCUT2D eigenvalue weighted by molar-refractivity contribution is 6.03. The van der Waals surface area contributed by atoms with Crippen molar-refractivity contribution >= 4 is 11.6 Å². The van der Waals surface area contributed by atoms with Crippen molar-refractivity contribution in [2.75, 3.05) is 5.32 Å². The molecule has 1 aromatic carbocycles. The van der Waals surface area contributed by atoms with Gasteiger partial charge in [0.15, 0.2) is 0 Å². The van der Waals surface area contributed by atoms with Crippen LogP contribution in [0.1, 0.15) is 16.1 Å². The van der Waals surface area contributed by atoms with Crippen LogP contribution in [-0.2, 0) is 6.54 Å². The van der Waals surface area contributed by atoms with Gasteiger partial charge in [-0.1, -0.05) is 30.3 Å². The molecule has 4 heteroatoms. The molecule has 0 bridgehead atoms. The summed E-state index contributed by atoms with van der Waals surface area (Å²) in [5.74, 6) is -0.123. The van der Waals surface area contributed by atoms with E-state index in [-0.39, 0.29) is 5.91 Å². The Morgan fingerprint density at radius 1 is 1.00 bits per heavy atom. The molecular formula is C17H15N3O. The molecule has 1 N–H and O–H groups in total. The van der Waals surface area contributed by atoms with Crippen LogP contribution in [0.3, 0.4) is 0 Å². The van der Waals surface area contributed by atoms with Crippen molar-refractivity contribution in [3.8, 4) is 0 Å². The summed E-state index contributed by atoms with van der Waals surface area (Å²) in [4.78, 5) is 16.3. The van der Waals surface area contributed by atoms with Crippen LogP contribution >= 0.6 is 0 Å². The lowest BCUT2D eigenvalue weighted by atomic mass is 10.2. The predicted molar refractivity (Wildman–Crippen MR) is 82.2 cm³/mol. The Kier molecular flexibility index (Phi) is 3.78. The molecule has 104 valence electrons. The molecule has 4 nitrogen and oxygen atoms in total. The molecule has 21 heavy (non-hydrogen) atoms. The van der Waals surface area contributed by atoms with E-state index in [1.165, 1.54) is 0 Å². The molecular weight excluding hydrogens is 262 g/mol. The summed E-state index contributed by atoms with van der Waals surface area (Å²) >= 11 is 0. The second kappa shape index (κ2) is 6.05. The van der Waals surface area contributed by atoms with Gasteiger partial charge in [0.1, 0.15) is 5.69 Å². The third kappa shape index (κ3) is 3.17. The molecule has 0 atom stereocenters. The number of nitrogens with one attached hydrogen (secondary N) is 1. The van der Waals surface area contributed by atoms with Crippen LogP contribution in [0.15, 0.2) is 73.2 Å². The third-order valence-corrected chi connectivity index (χ3v) is 3.20. The van der Waals surface area contributed by atoms with Gasteiger partial charge < -0.3 is 9.88 Å². The van der Waals surface area contributed by atoms with Gasteiger partial charge in [0, 0.05) is 30.8 Å². The Hall–Kier alpha value is -2.88. The number of hydrogen-bond donors (Lipinski definition) is 1. The van der Waals surface area contributed by atoms with Crippen LogP contribution in [0.5, 0.6) is 0 Å². The first-order chi connectivity index (χ1) is 10.3. The van der Waals surface area contributed by atoms with Crippen LogP contribution in [-0.4, -0.2) is 15.5 Å². The standard InChI is InChI=1S/C17H15N3O/c21-17(19-15-8-10-18-11-9-15)16-7-4-12-20(16)13-14-5-2-1-3-6-14/h1-12H,13H2,(H,18,19,21). The fourth-order valence-corrected chi connectivity index (χ4v) is 2.17. The van der Waals surface area contributed by atoms with Crippen LogP contribution in [0.2, 0.25) is 0 Å². The third-order valence-electron chi connectivity index (χ3n) is 3.20. The maximum absolute atomic E-state index is 12.3. The van der Waals surface area contributed by atoms with Crippen molar-refractivity contribution < 1.29 is 4.79 Å². The number of hydrogen-bond acceptors (Lipinski definition) is 2. The predicted octanol–water partition coefficient (Wildman–Crippen LogP) is 3.18. The van der Waals surface area contributed by atoms with Crippen LogP contribution < -0.4 is 5.32 Å². The smallest absolute Gasteiger partial charge is 0.272 e. The lowest BCUT2D eigenvalue weighted by Crippen LogP contribution is -2.17. The molecule has 2 heterocycles. The Morgan fingerprint density at radius 3 is 2.52 bits per heavy atom. The lowest BCUT2D eigenvalue weighted by Gasteiger charge is -2.10. The van der Waals surface area contributed by atoms with E-state index >= 15 is 0 Å². The number of benzene rings is 1. The maximum atomic E-state index is 12.3. The summed E-state index contributed by atoms with van der Waals surface area (Å²) in [6, 6.07) is 17.3. The Bertz CT molecular complexity index is 720. The largest absolute Gasteiger partial charge is 0.339 e. The minimum atomic E-state index is -0.123. The number of anilines is 1. The van der Waals surface area contributed by atoms with E-state index in [2.05, 4.69) is 10.3 Å². The first kappa shape index (κ1) is 13.1. The highest BCUT2D eigenvalue weighted by Gasteiger charge is 2.11. The summed E-state index contributed by atoms with van der Waals surface area (Å²) in [5.41, 5.74) is 2.53. The maximum Gasteiger partial charge on any atom is 0.272 e. The van der Waals surface area contributed by atoms with E-state index < -0.39 is 0 Å². The lowest BCUT2D eigenvalue weighted by molar-refractivity contribution is 0.101. The van der Waals surface area contributed by atoms with Gasteiger partial charge >= 0.3 is 0 Å². The normalized spacial score (nSPS) is 10.3. The van der Waals surface area contributed by atoms with Crippen LogP contribution in [0.25, 0.3) is 0 Å². The molecule has 0 spiro atoms. The molecule has 0 aliphatic carbocycles. The Morgan fingerprint density at radius 2 is 1.76 bits per heavy atom. The van der Waals surface area contributed by atoms with Crippen LogP contribution in [0.4, 0.5) is 5.69 Å². The summed E-state index contributed by atoms with van der Waals surface area (Å²) in [5, 5.41) is 2.87. The average Bonchev–Trinajstić information content (AvgIpc) is 2.97. The van der Waals surface area contributed by atoms with Gasteiger partial charge in [-0.15, -0.1) is 0 Å². The van der Waals surface area contributed by atoms with E-state index in [4.69, 9.17) is 0 Å². The number of rotatable bonds is 4. The van der Waals surface area contributed by atoms with Crippen molar-refractivity contribution in [2.45, 2.75) is 6.54 Å². The zero-order chi connectivity index (χ0) is 14.5. The van der Waals surface area contributed by atoms with Gasteiger partial charge in [0.05, 0.1) is 0 Å². The number of nitrogens with zero attached hydrogens (tertiary/aromatic N) is 2. The molecule has 3 aromatic rings. The minimum absolute atomic E-state index is 0.123. The molecule has 2 aromatic heterocycles. The van der Waals surface area contributed by atoms with Crippen molar-refractivity contribution in [3.05, 3.63) is 84.4 Å². The number of pyridine rings is 1. The zero-order valence-electron chi connectivity index (χ0n) is 11.4. The first-order valence-corrected chi connectivity index (χ1v) is 6.73. The van der Waals surface area contributed by atoms with Gasteiger partial charge in [0.25, 0.3) is 5.91 Å². The molecule has 0 saturated carbocycles. The molecule has 0 unspecified atom stereocenters. The number of carbonyl (C=O) groups excluding carboxylic acids is 1. The molecule has 0 aliphatic rings. The average molecular weight is 277 g/mol. The fraction of sp³-hybridized carbons (Fsp3) is 0.0588. The topological polar surface area (TPSA) is 46.9 Å². The van der Waals surface area contributed by atoms with Crippen molar-refractivity contribution in [2.24, 2.45) is 0 Å². The second-order valence-electron chi connectivity index (χ2n) is 4.70.